The van der Waals surface area contributed by atoms with Crippen molar-refractivity contribution >= 4 is 20.3 Å². The van der Waals surface area contributed by atoms with Gasteiger partial charge >= 0.3 is 29.6 Å². The molecule has 1 N–H and O–H groups in total. The Morgan fingerprint density at radius 1 is 1.04 bits per heavy atom. The largest absolute Gasteiger partial charge is 0.479 e. The highest BCUT2D eigenvalue weighted by Gasteiger charge is 2.80. The molecule has 1 atom stereocenters. The summed E-state index contributed by atoms with van der Waals surface area (Å²) in [6, 6.07) is 7.44. The first-order chi connectivity index (χ1) is 11.6. The van der Waals surface area contributed by atoms with E-state index in [1.807, 2.05) is 0 Å². The van der Waals surface area contributed by atoms with Crippen LogP contribution in [0.25, 0.3) is 0 Å². The highest BCUT2D eigenvalue weighted by molar-refractivity contribution is 6.70. The average molecular weight is 400 g/mol. The van der Waals surface area contributed by atoms with Crippen LogP contribution in [-0.4, -0.2) is 43.1 Å². The van der Waals surface area contributed by atoms with Crippen molar-refractivity contribution in [2.75, 3.05) is 0 Å². The van der Waals surface area contributed by atoms with Gasteiger partial charge in [-0.15, -0.1) is 0 Å². The van der Waals surface area contributed by atoms with Crippen molar-refractivity contribution in [3.63, 3.8) is 0 Å². The summed E-state index contributed by atoms with van der Waals surface area (Å²) in [6.07, 6.45) is -6.35. The number of halogens is 5. The third-order valence-corrected chi connectivity index (χ3v) is 3.98. The Balaban J connectivity index is 3.37. The number of hydrogen-bond acceptors (Lipinski definition) is 4. The second-order valence-electron chi connectivity index (χ2n) is 6.33. The van der Waals surface area contributed by atoms with Gasteiger partial charge in [0.05, 0.1) is 0 Å². The standard InChI is InChI=1S/C15H17F5O5Si/c1-26(2,3)25-13(11(21)22,14(16,17)15(18,19)20)12(23)24-9-10-7-5-4-6-8-10/h4-8H,9H2,1-3H3,(H,21,22). The van der Waals surface area contributed by atoms with Crippen LogP contribution in [0.1, 0.15) is 5.56 Å². The van der Waals surface area contributed by atoms with Gasteiger partial charge in [-0.2, -0.15) is 22.0 Å². The van der Waals surface area contributed by atoms with Crippen molar-refractivity contribution in [1.82, 2.24) is 0 Å². The zero-order valence-corrected chi connectivity index (χ0v) is 15.1. The van der Waals surface area contributed by atoms with E-state index in [-0.39, 0.29) is 5.56 Å². The molecule has 0 spiro atoms. The maximum absolute atomic E-state index is 14.1. The smallest absolute Gasteiger partial charge is 0.457 e. The first-order valence-corrected chi connectivity index (χ1v) is 10.7. The van der Waals surface area contributed by atoms with E-state index in [9.17, 15) is 36.6 Å². The second-order valence-corrected chi connectivity index (χ2v) is 10.8. The van der Waals surface area contributed by atoms with Gasteiger partial charge in [-0.1, -0.05) is 30.3 Å². The number of carbonyl (C=O) groups excluding carboxylic acids is 1. The number of benzene rings is 1. The highest BCUT2D eigenvalue weighted by Crippen LogP contribution is 2.47. The number of carbonyl (C=O) groups is 2. The lowest BCUT2D eigenvalue weighted by molar-refractivity contribution is -0.329. The molecule has 1 aromatic carbocycles. The molecule has 0 radical (unpaired) electrons. The Kier molecular flexibility index (Phi) is 6.19. The van der Waals surface area contributed by atoms with Crippen LogP contribution in [0, 0.1) is 0 Å². The van der Waals surface area contributed by atoms with Gasteiger partial charge in [0.15, 0.2) is 8.32 Å². The molecule has 0 aliphatic heterocycles. The Hall–Kier alpha value is -2.01. The van der Waals surface area contributed by atoms with Gasteiger partial charge in [-0.05, 0) is 25.2 Å². The zero-order chi connectivity index (χ0) is 20.4. The van der Waals surface area contributed by atoms with Gasteiger partial charge in [-0.25, -0.2) is 9.59 Å². The molecule has 146 valence electrons. The van der Waals surface area contributed by atoms with Gasteiger partial charge in [0, 0.05) is 0 Å². The molecule has 26 heavy (non-hydrogen) atoms. The molecular weight excluding hydrogens is 383 g/mol. The summed E-state index contributed by atoms with van der Waals surface area (Å²) in [7, 11) is -3.38. The summed E-state index contributed by atoms with van der Waals surface area (Å²) in [5, 5.41) is 9.17. The van der Waals surface area contributed by atoms with Crippen molar-refractivity contribution in [2.24, 2.45) is 0 Å². The molecule has 1 aromatic rings. The molecule has 0 aliphatic rings. The molecule has 0 fully saturated rings. The predicted octanol–water partition coefficient (Wildman–Crippen LogP) is 3.60. The minimum Gasteiger partial charge on any atom is -0.479 e. The van der Waals surface area contributed by atoms with Gasteiger partial charge in [-0.3, -0.25) is 0 Å². The van der Waals surface area contributed by atoms with Crippen molar-refractivity contribution in [3.05, 3.63) is 35.9 Å². The summed E-state index contributed by atoms with van der Waals surface area (Å²) in [6.45, 7) is 2.81. The number of aliphatic carboxylic acids is 1. The number of carboxylic acid groups (broad SMARTS) is 1. The van der Waals surface area contributed by atoms with Crippen molar-refractivity contribution in [1.29, 1.82) is 0 Å². The van der Waals surface area contributed by atoms with Crippen LogP contribution in [-0.2, 0) is 25.4 Å². The SMILES string of the molecule is C[Si](C)(C)OC(C(=O)O)(C(=O)OCc1ccccc1)C(F)(F)C(F)(F)F. The number of esters is 1. The van der Waals surface area contributed by atoms with Crippen LogP contribution < -0.4 is 0 Å². The fourth-order valence-corrected chi connectivity index (χ4v) is 3.20. The average Bonchev–Trinajstić information content (AvgIpc) is 2.48. The van der Waals surface area contributed by atoms with Gasteiger partial charge in [0.25, 0.3) is 0 Å². The molecule has 0 amide bonds. The number of hydrogen-bond donors (Lipinski definition) is 1. The van der Waals surface area contributed by atoms with E-state index in [0.717, 1.165) is 0 Å². The minimum absolute atomic E-state index is 0.267. The normalized spacial score (nSPS) is 15.2. The highest BCUT2D eigenvalue weighted by atomic mass is 28.4. The summed E-state index contributed by atoms with van der Waals surface area (Å²) in [4.78, 5) is 23.6. The maximum Gasteiger partial charge on any atom is 0.457 e. The Bertz CT molecular complexity index is 657. The van der Waals surface area contributed by atoms with Crippen LogP contribution in [0.5, 0.6) is 0 Å². The zero-order valence-electron chi connectivity index (χ0n) is 14.1. The number of ether oxygens (including phenoxy) is 1. The van der Waals surface area contributed by atoms with E-state index in [0.29, 0.717) is 0 Å². The summed E-state index contributed by atoms with van der Waals surface area (Å²) in [5.41, 5.74) is -4.27. The molecule has 0 saturated carbocycles. The van der Waals surface area contributed by atoms with E-state index in [1.54, 1.807) is 6.07 Å². The molecular formula is C15H17F5O5Si. The maximum atomic E-state index is 14.1. The van der Waals surface area contributed by atoms with E-state index >= 15 is 0 Å². The number of rotatable bonds is 7. The van der Waals surface area contributed by atoms with Crippen LogP contribution in [0.3, 0.4) is 0 Å². The van der Waals surface area contributed by atoms with Crippen LogP contribution >= 0.6 is 0 Å². The molecule has 0 bridgehead atoms. The molecule has 0 aliphatic carbocycles. The minimum atomic E-state index is -6.35. The van der Waals surface area contributed by atoms with Gasteiger partial charge < -0.3 is 14.3 Å². The van der Waals surface area contributed by atoms with E-state index in [1.165, 1.54) is 43.9 Å². The van der Waals surface area contributed by atoms with E-state index in [2.05, 4.69) is 9.16 Å². The first kappa shape index (κ1) is 22.0. The van der Waals surface area contributed by atoms with Gasteiger partial charge in [0.1, 0.15) is 6.61 Å². The Morgan fingerprint density at radius 2 is 1.54 bits per heavy atom. The van der Waals surface area contributed by atoms with Crippen molar-refractivity contribution < 1.29 is 45.8 Å². The first-order valence-electron chi connectivity index (χ1n) is 7.24. The van der Waals surface area contributed by atoms with Crippen LogP contribution in [0.4, 0.5) is 22.0 Å². The Morgan fingerprint density at radius 3 is 1.92 bits per heavy atom. The van der Waals surface area contributed by atoms with E-state index < -0.39 is 44.6 Å². The topological polar surface area (TPSA) is 72.8 Å². The summed E-state index contributed by atoms with van der Waals surface area (Å²) >= 11 is 0. The monoisotopic (exact) mass is 400 g/mol. The number of carboxylic acids is 1. The molecule has 1 unspecified atom stereocenters. The lowest BCUT2D eigenvalue weighted by Crippen LogP contribution is -2.70. The third kappa shape index (κ3) is 4.39. The fourth-order valence-electron chi connectivity index (χ4n) is 1.98. The molecule has 0 saturated heterocycles. The van der Waals surface area contributed by atoms with Crippen LogP contribution in [0.2, 0.25) is 19.6 Å². The third-order valence-electron chi connectivity index (χ3n) is 3.06. The summed E-state index contributed by atoms with van der Waals surface area (Å²) in [5.74, 6) is -11.1. The molecule has 1 rings (SSSR count). The quantitative estimate of drug-likeness (QED) is 0.328. The number of alkyl halides is 5. The van der Waals surface area contributed by atoms with Crippen molar-refractivity contribution in [2.45, 2.75) is 43.9 Å². The molecule has 0 aromatic heterocycles. The molecule has 5 nitrogen and oxygen atoms in total. The van der Waals surface area contributed by atoms with Crippen molar-refractivity contribution in [3.8, 4) is 0 Å². The lowest BCUT2D eigenvalue weighted by Gasteiger charge is -2.39. The molecule has 0 heterocycles. The van der Waals surface area contributed by atoms with E-state index in [4.69, 9.17) is 0 Å². The fraction of sp³-hybridized carbons (Fsp3) is 0.467. The second kappa shape index (κ2) is 7.31. The summed E-state index contributed by atoms with van der Waals surface area (Å²) < 4.78 is 76.0. The predicted molar refractivity (Wildman–Crippen MR) is 82.0 cm³/mol. The molecule has 11 heteroatoms. The van der Waals surface area contributed by atoms with Gasteiger partial charge in [0.2, 0.25) is 0 Å². The lowest BCUT2D eigenvalue weighted by atomic mass is 9.95. The van der Waals surface area contributed by atoms with Crippen LogP contribution in [0.15, 0.2) is 30.3 Å². The Labute approximate surface area is 146 Å².